The maximum Gasteiger partial charge on any atom is 0.284 e. The van der Waals surface area contributed by atoms with E-state index in [4.69, 9.17) is 6.42 Å². The van der Waals surface area contributed by atoms with Crippen LogP contribution >= 0.6 is 27.3 Å². The van der Waals surface area contributed by atoms with Gasteiger partial charge in [-0.25, -0.2) is 9.67 Å². The first-order chi connectivity index (χ1) is 9.93. The summed E-state index contributed by atoms with van der Waals surface area (Å²) in [7, 11) is 0. The number of aryl methyl sites for hydroxylation is 2. The van der Waals surface area contributed by atoms with Crippen molar-refractivity contribution >= 4 is 33.0 Å². The Bertz CT molecular complexity index is 759. The maximum atomic E-state index is 12.1. The number of hydrogen-bond acceptors (Lipinski definition) is 5. The molecule has 2 aromatic heterocycles. The lowest BCUT2D eigenvalue weighted by Crippen LogP contribution is -2.24. The number of halogens is 1. The minimum atomic E-state index is -0.248. The van der Waals surface area contributed by atoms with Crippen LogP contribution in [-0.2, 0) is 6.54 Å². The Morgan fingerprint density at radius 3 is 2.86 bits per heavy atom. The topological polar surface area (TPSA) is 59.8 Å². The van der Waals surface area contributed by atoms with E-state index < -0.39 is 0 Å². The highest BCUT2D eigenvalue weighted by Crippen LogP contribution is 2.28. The molecule has 5 nitrogen and oxygen atoms in total. The summed E-state index contributed by atoms with van der Waals surface area (Å²) < 4.78 is 1.67. The van der Waals surface area contributed by atoms with Crippen LogP contribution in [0.25, 0.3) is 0 Å². The quantitative estimate of drug-likeness (QED) is 0.845. The van der Waals surface area contributed by atoms with Gasteiger partial charge in [0.2, 0.25) is 0 Å². The first-order valence-electron chi connectivity index (χ1n) is 6.33. The largest absolute Gasteiger partial charge is 0.375 e. The van der Waals surface area contributed by atoms with Gasteiger partial charge in [-0.15, -0.1) is 17.8 Å². The van der Waals surface area contributed by atoms with E-state index in [9.17, 15) is 4.79 Å². The fourth-order valence-electron chi connectivity index (χ4n) is 2.01. The lowest BCUT2D eigenvalue weighted by molar-refractivity contribution is 0.658. The van der Waals surface area contributed by atoms with E-state index in [2.05, 4.69) is 37.2 Å². The fourth-order valence-corrected chi connectivity index (χ4v) is 3.36. The molecule has 0 aromatic carbocycles. The molecule has 0 aliphatic carbocycles. The van der Waals surface area contributed by atoms with Gasteiger partial charge in [0.1, 0.15) is 11.0 Å². The van der Waals surface area contributed by atoms with Crippen molar-refractivity contribution in [2.75, 3.05) is 5.32 Å². The van der Waals surface area contributed by atoms with Crippen molar-refractivity contribution in [1.82, 2.24) is 14.8 Å². The zero-order chi connectivity index (χ0) is 15.6. The molecule has 0 saturated heterocycles. The smallest absolute Gasteiger partial charge is 0.284 e. The molecule has 0 saturated carbocycles. The molecule has 110 valence electrons. The summed E-state index contributed by atoms with van der Waals surface area (Å²) in [5.41, 5.74) is 1.40. The van der Waals surface area contributed by atoms with Gasteiger partial charge in [0.15, 0.2) is 0 Å². The molecule has 2 heterocycles. The molecule has 0 aliphatic rings. The maximum absolute atomic E-state index is 12.1. The van der Waals surface area contributed by atoms with Crippen LogP contribution in [0, 0.1) is 26.2 Å². The second-order valence-electron chi connectivity index (χ2n) is 4.59. The summed E-state index contributed by atoms with van der Waals surface area (Å²) in [5.74, 6) is 2.40. The average molecular weight is 367 g/mol. The first-order valence-corrected chi connectivity index (χ1v) is 7.94. The minimum Gasteiger partial charge on any atom is -0.375 e. The van der Waals surface area contributed by atoms with E-state index in [1.54, 1.807) is 17.5 Å². The average Bonchev–Trinajstić information content (AvgIpc) is 2.77. The van der Waals surface area contributed by atoms with E-state index in [0.29, 0.717) is 10.2 Å². The summed E-state index contributed by atoms with van der Waals surface area (Å²) in [6.07, 6.45) is 6.81. The first kappa shape index (κ1) is 15.7. The second-order valence-corrected chi connectivity index (χ2v) is 6.62. The molecule has 0 fully saturated rings. The van der Waals surface area contributed by atoms with Crippen LogP contribution < -0.4 is 10.9 Å². The fraction of sp³-hybridized carbons (Fsp3) is 0.357. The monoisotopic (exact) mass is 366 g/mol. The molecule has 0 radical (unpaired) electrons. The van der Waals surface area contributed by atoms with Crippen molar-refractivity contribution in [3.8, 4) is 12.3 Å². The molecule has 7 heteroatoms. The molecule has 1 N–H and O–H groups in total. The molecule has 0 bridgehead atoms. The summed E-state index contributed by atoms with van der Waals surface area (Å²) in [6.45, 7) is 6.14. The number of rotatable bonds is 4. The molecule has 1 unspecified atom stereocenters. The highest BCUT2D eigenvalue weighted by Gasteiger charge is 2.16. The highest BCUT2D eigenvalue weighted by molar-refractivity contribution is 9.10. The van der Waals surface area contributed by atoms with Crippen molar-refractivity contribution < 1.29 is 0 Å². The predicted octanol–water partition coefficient (Wildman–Crippen LogP) is 2.89. The molecule has 1 atom stereocenters. The molecular formula is C14H15BrN4OS. The van der Waals surface area contributed by atoms with Gasteiger partial charge in [0.05, 0.1) is 28.6 Å². The number of anilines is 1. The van der Waals surface area contributed by atoms with Crippen molar-refractivity contribution in [3.63, 3.8) is 0 Å². The van der Waals surface area contributed by atoms with Crippen LogP contribution in [0.15, 0.2) is 15.5 Å². The molecule has 2 aromatic rings. The molecule has 0 spiro atoms. The second kappa shape index (κ2) is 6.41. The summed E-state index contributed by atoms with van der Waals surface area (Å²) >= 11 is 4.95. The number of nitrogens with zero attached hydrogens (tertiary/aromatic N) is 3. The molecule has 21 heavy (non-hydrogen) atoms. The van der Waals surface area contributed by atoms with Crippen LogP contribution in [0.2, 0.25) is 0 Å². The van der Waals surface area contributed by atoms with E-state index in [1.165, 1.54) is 4.68 Å². The summed E-state index contributed by atoms with van der Waals surface area (Å²) in [4.78, 5) is 17.6. The van der Waals surface area contributed by atoms with Gasteiger partial charge in [-0.1, -0.05) is 5.92 Å². The lowest BCUT2D eigenvalue weighted by atomic mass is 10.2. The van der Waals surface area contributed by atoms with Crippen LogP contribution in [0.5, 0.6) is 0 Å². The highest BCUT2D eigenvalue weighted by atomic mass is 79.9. The summed E-state index contributed by atoms with van der Waals surface area (Å²) in [5, 5.41) is 8.37. The van der Waals surface area contributed by atoms with Crippen molar-refractivity contribution in [3.05, 3.63) is 36.6 Å². The van der Waals surface area contributed by atoms with Gasteiger partial charge in [-0.05, 0) is 36.7 Å². The van der Waals surface area contributed by atoms with Crippen LogP contribution in [0.4, 0.5) is 5.69 Å². The van der Waals surface area contributed by atoms with Crippen molar-refractivity contribution in [2.45, 2.75) is 33.4 Å². The number of nitrogens with one attached hydrogen (secondary N) is 1. The zero-order valence-corrected chi connectivity index (χ0v) is 14.4. The number of aromatic nitrogens is 3. The van der Waals surface area contributed by atoms with Crippen LogP contribution in [0.3, 0.4) is 0 Å². The van der Waals surface area contributed by atoms with Crippen molar-refractivity contribution in [1.29, 1.82) is 0 Å². The summed E-state index contributed by atoms with van der Waals surface area (Å²) in [6, 6.07) is 0.0391. The minimum absolute atomic E-state index is 0.0391. The Balaban J connectivity index is 2.28. The predicted molar refractivity (Wildman–Crippen MR) is 88.7 cm³/mol. The van der Waals surface area contributed by atoms with Crippen LogP contribution in [-0.4, -0.2) is 14.8 Å². The van der Waals surface area contributed by atoms with Gasteiger partial charge in [-0.3, -0.25) is 4.79 Å². The van der Waals surface area contributed by atoms with E-state index in [1.807, 2.05) is 20.8 Å². The molecule has 0 amide bonds. The molecule has 0 aliphatic heterocycles. The Kier molecular flexibility index (Phi) is 4.80. The van der Waals surface area contributed by atoms with E-state index >= 15 is 0 Å². The number of hydrogen-bond donors (Lipinski definition) is 1. The molecular weight excluding hydrogens is 352 g/mol. The van der Waals surface area contributed by atoms with Gasteiger partial charge in [0, 0.05) is 4.88 Å². The van der Waals surface area contributed by atoms with Crippen molar-refractivity contribution in [2.24, 2.45) is 0 Å². The number of thiazole rings is 1. The van der Waals surface area contributed by atoms with Gasteiger partial charge in [0.25, 0.3) is 5.56 Å². The van der Waals surface area contributed by atoms with Crippen LogP contribution in [0.1, 0.15) is 28.5 Å². The molecule has 2 rings (SSSR count). The lowest BCUT2D eigenvalue weighted by Gasteiger charge is -2.15. The van der Waals surface area contributed by atoms with Gasteiger partial charge in [-0.2, -0.15) is 5.10 Å². The van der Waals surface area contributed by atoms with Gasteiger partial charge < -0.3 is 5.32 Å². The van der Waals surface area contributed by atoms with E-state index in [-0.39, 0.29) is 18.1 Å². The SMILES string of the molecule is C#CCn1ncc(NC(C)c2sc(C)nc2C)c(Br)c1=O. The zero-order valence-electron chi connectivity index (χ0n) is 12.0. The third-order valence-corrected chi connectivity index (χ3v) is 4.95. The Morgan fingerprint density at radius 1 is 1.57 bits per heavy atom. The standard InChI is InChI=1S/C14H15BrN4OS/c1-5-6-19-14(20)12(15)11(7-16-19)18-9(3)13-8(2)17-10(4)21-13/h1,7,9,18H,6H2,2-4H3. The third kappa shape index (κ3) is 3.34. The Morgan fingerprint density at radius 2 is 2.29 bits per heavy atom. The Labute approximate surface area is 135 Å². The number of terminal acetylenes is 1. The Hall–Kier alpha value is -1.65. The normalized spacial score (nSPS) is 12.0. The van der Waals surface area contributed by atoms with E-state index in [0.717, 1.165) is 15.6 Å². The van der Waals surface area contributed by atoms with Gasteiger partial charge >= 0.3 is 0 Å². The third-order valence-electron chi connectivity index (χ3n) is 2.93.